The van der Waals surface area contributed by atoms with E-state index in [-0.39, 0.29) is 28.7 Å². The molecule has 1 saturated heterocycles. The van der Waals surface area contributed by atoms with Crippen LogP contribution in [0.2, 0.25) is 25.7 Å². The molecule has 1 aliphatic heterocycles. The number of aromatic nitrogens is 1. The van der Waals surface area contributed by atoms with Crippen molar-refractivity contribution in [3.05, 3.63) is 45.8 Å². The number of hydrogen-bond donors (Lipinski definition) is 1. The third kappa shape index (κ3) is 7.19. The summed E-state index contributed by atoms with van der Waals surface area (Å²) in [6, 6.07) is 4.31. The highest BCUT2D eigenvalue weighted by Crippen LogP contribution is 2.36. The van der Waals surface area contributed by atoms with Crippen LogP contribution in [0.15, 0.2) is 28.9 Å². The summed E-state index contributed by atoms with van der Waals surface area (Å²) in [4.78, 5) is 21.1. The van der Waals surface area contributed by atoms with Gasteiger partial charge in [-0.3, -0.25) is 4.79 Å². The van der Waals surface area contributed by atoms with Crippen molar-refractivity contribution in [3.8, 4) is 5.88 Å². The number of pyridine rings is 1. The molecule has 198 valence electrons. The zero-order chi connectivity index (χ0) is 26.8. The maximum atomic E-state index is 14.4. The van der Waals surface area contributed by atoms with Crippen molar-refractivity contribution >= 4 is 41.3 Å². The van der Waals surface area contributed by atoms with Gasteiger partial charge in [-0.25, -0.2) is 9.37 Å². The first kappa shape index (κ1) is 28.4. The molecule has 1 N–H and O–H groups in total. The monoisotopic (exact) mass is 590 g/mol. The van der Waals surface area contributed by atoms with Gasteiger partial charge in [0.15, 0.2) is 0 Å². The van der Waals surface area contributed by atoms with Gasteiger partial charge in [0.05, 0.1) is 33.6 Å². The molecule has 1 fully saturated rings. The van der Waals surface area contributed by atoms with Crippen LogP contribution in [0.3, 0.4) is 0 Å². The molecular weight excluding hydrogens is 560 g/mol. The van der Waals surface area contributed by atoms with Crippen LogP contribution in [0.5, 0.6) is 5.88 Å². The highest BCUT2D eigenvalue weighted by molar-refractivity contribution is 9.10. The summed E-state index contributed by atoms with van der Waals surface area (Å²) in [5.41, 5.74) is -1.18. The van der Waals surface area contributed by atoms with Gasteiger partial charge in [-0.1, -0.05) is 19.6 Å². The van der Waals surface area contributed by atoms with Gasteiger partial charge in [0, 0.05) is 52.1 Å². The average molecular weight is 592 g/mol. The maximum Gasteiger partial charge on any atom is 0.417 e. The zero-order valence-corrected chi connectivity index (χ0v) is 23.6. The number of rotatable bonds is 7. The lowest BCUT2D eigenvalue weighted by Crippen LogP contribution is -2.50. The van der Waals surface area contributed by atoms with Crippen LogP contribution in [-0.4, -0.2) is 63.2 Å². The van der Waals surface area contributed by atoms with Gasteiger partial charge >= 0.3 is 6.18 Å². The number of halogens is 5. The molecule has 0 aliphatic carbocycles. The van der Waals surface area contributed by atoms with Crippen LogP contribution in [0.1, 0.15) is 22.8 Å². The summed E-state index contributed by atoms with van der Waals surface area (Å²) in [7, 11) is 0.537. The molecule has 1 aliphatic rings. The molecule has 2 aromatic rings. The zero-order valence-electron chi connectivity index (χ0n) is 21.0. The molecule has 0 radical (unpaired) electrons. The van der Waals surface area contributed by atoms with E-state index < -0.39 is 37.1 Å². The molecule has 1 atom stereocenters. The summed E-state index contributed by atoms with van der Waals surface area (Å²) >= 11 is 3.11. The number of hydrogen-bond acceptors (Lipinski definition) is 5. The maximum absolute atomic E-state index is 14.4. The quantitative estimate of drug-likeness (QED) is 0.311. The van der Waals surface area contributed by atoms with Crippen molar-refractivity contribution in [2.45, 2.75) is 44.8 Å². The van der Waals surface area contributed by atoms with E-state index >= 15 is 0 Å². The molecular formula is C24H31BrF4N4O2Si. The Morgan fingerprint density at radius 1 is 1.25 bits per heavy atom. The minimum absolute atomic E-state index is 0.0871. The fraction of sp³-hybridized carbons (Fsp3) is 0.500. The highest BCUT2D eigenvalue weighted by Gasteiger charge is 2.37. The van der Waals surface area contributed by atoms with Gasteiger partial charge in [-0.2, -0.15) is 13.2 Å². The van der Waals surface area contributed by atoms with E-state index in [2.05, 4.69) is 50.8 Å². The standard InChI is InChI=1S/C24H31BrF4N4O2Si/c1-15-14-33(7-6-32(15)2)21-12-19(26)18(25)11-20(21)31-23(34)16-13-30-22(10-17(16)24(27,28)29)35-8-9-36(3,4)5/h10-13,15H,6-9,14H2,1-5H3,(H,31,34)/t15-/m0/s1. The lowest BCUT2D eigenvalue weighted by molar-refractivity contribution is -0.138. The topological polar surface area (TPSA) is 57.7 Å². The summed E-state index contributed by atoms with van der Waals surface area (Å²) in [5, 5.41) is 2.55. The molecule has 1 aromatic heterocycles. The number of likely N-dealkylation sites (N-methyl/N-ethyl adjacent to an activating group) is 1. The molecule has 6 nitrogen and oxygen atoms in total. The third-order valence-electron chi connectivity index (χ3n) is 6.12. The SMILES string of the molecule is C[C@H]1CN(c2cc(F)c(Br)cc2NC(=O)c2cnc(OCC[Si](C)(C)C)cc2C(F)(F)F)CCN1C. The van der Waals surface area contributed by atoms with Crippen LogP contribution in [0, 0.1) is 5.82 Å². The Bertz CT molecular complexity index is 1110. The first-order chi connectivity index (χ1) is 16.7. The number of carbonyl (C=O) groups is 1. The second-order valence-corrected chi connectivity index (χ2v) is 16.7. The molecule has 3 rings (SSSR count). The van der Waals surface area contributed by atoms with Crippen LogP contribution >= 0.6 is 15.9 Å². The number of benzene rings is 1. The van der Waals surface area contributed by atoms with Crippen molar-refractivity contribution in [2.24, 2.45) is 0 Å². The molecule has 0 saturated carbocycles. The molecule has 1 amide bonds. The van der Waals surface area contributed by atoms with Gasteiger partial charge in [0.2, 0.25) is 5.88 Å². The summed E-state index contributed by atoms with van der Waals surface area (Å²) in [5.74, 6) is -1.72. The number of nitrogens with one attached hydrogen (secondary N) is 1. The Kier molecular flexibility index (Phi) is 8.72. The number of ether oxygens (including phenoxy) is 1. The third-order valence-corrected chi connectivity index (χ3v) is 8.43. The van der Waals surface area contributed by atoms with Gasteiger partial charge in [-0.05, 0) is 42.0 Å². The van der Waals surface area contributed by atoms with Gasteiger partial charge < -0.3 is 19.9 Å². The molecule has 1 aromatic carbocycles. The number of alkyl halides is 3. The van der Waals surface area contributed by atoms with E-state index in [4.69, 9.17) is 4.74 Å². The van der Waals surface area contributed by atoms with Gasteiger partial charge in [-0.15, -0.1) is 0 Å². The number of amides is 1. The van der Waals surface area contributed by atoms with E-state index in [9.17, 15) is 22.4 Å². The Morgan fingerprint density at radius 2 is 1.94 bits per heavy atom. The van der Waals surface area contributed by atoms with Crippen molar-refractivity contribution in [3.63, 3.8) is 0 Å². The van der Waals surface area contributed by atoms with E-state index in [0.717, 1.165) is 18.3 Å². The summed E-state index contributed by atoms with van der Waals surface area (Å²) in [6.45, 7) is 10.5. The molecule has 0 unspecified atom stereocenters. The van der Waals surface area contributed by atoms with E-state index in [1.54, 1.807) is 0 Å². The van der Waals surface area contributed by atoms with E-state index in [0.29, 0.717) is 25.3 Å². The van der Waals surface area contributed by atoms with Crippen molar-refractivity contribution in [2.75, 3.05) is 43.5 Å². The van der Waals surface area contributed by atoms with Crippen LogP contribution in [0.4, 0.5) is 28.9 Å². The second-order valence-electron chi connectivity index (χ2n) is 10.2. The molecule has 12 heteroatoms. The highest BCUT2D eigenvalue weighted by atomic mass is 79.9. The van der Waals surface area contributed by atoms with Crippen molar-refractivity contribution in [1.82, 2.24) is 9.88 Å². The number of piperazine rings is 1. The predicted octanol–water partition coefficient (Wildman–Crippen LogP) is 6.11. The largest absolute Gasteiger partial charge is 0.478 e. The fourth-order valence-electron chi connectivity index (χ4n) is 3.75. The Morgan fingerprint density at radius 3 is 2.56 bits per heavy atom. The number of anilines is 2. The lowest BCUT2D eigenvalue weighted by Gasteiger charge is -2.39. The van der Waals surface area contributed by atoms with Crippen LogP contribution in [-0.2, 0) is 6.18 Å². The molecule has 36 heavy (non-hydrogen) atoms. The van der Waals surface area contributed by atoms with Crippen molar-refractivity contribution in [1.29, 1.82) is 0 Å². The summed E-state index contributed by atoms with van der Waals surface area (Å²) in [6.07, 6.45) is -3.93. The Balaban J connectivity index is 1.90. The summed E-state index contributed by atoms with van der Waals surface area (Å²) < 4.78 is 61.6. The minimum Gasteiger partial charge on any atom is -0.478 e. The van der Waals surface area contributed by atoms with Crippen LogP contribution in [0.25, 0.3) is 0 Å². The molecule has 0 spiro atoms. The predicted molar refractivity (Wildman–Crippen MR) is 139 cm³/mol. The van der Waals surface area contributed by atoms with E-state index in [1.165, 1.54) is 12.1 Å². The molecule has 2 heterocycles. The first-order valence-corrected chi connectivity index (χ1v) is 16.1. The lowest BCUT2D eigenvalue weighted by atomic mass is 10.1. The van der Waals surface area contributed by atoms with E-state index in [1.807, 2.05) is 18.9 Å². The van der Waals surface area contributed by atoms with Gasteiger partial charge in [0.1, 0.15) is 5.82 Å². The normalized spacial score (nSPS) is 17.3. The molecule has 0 bridgehead atoms. The Labute approximate surface area is 218 Å². The smallest absolute Gasteiger partial charge is 0.417 e. The number of nitrogens with zero attached hydrogens (tertiary/aromatic N) is 3. The second kappa shape index (κ2) is 11.1. The minimum atomic E-state index is -4.80. The first-order valence-electron chi connectivity index (χ1n) is 11.6. The number of carbonyl (C=O) groups excluding carboxylic acids is 1. The van der Waals surface area contributed by atoms with Gasteiger partial charge in [0.25, 0.3) is 5.91 Å². The van der Waals surface area contributed by atoms with Crippen molar-refractivity contribution < 1.29 is 27.1 Å². The fourth-order valence-corrected chi connectivity index (χ4v) is 4.81. The van der Waals surface area contributed by atoms with Crippen LogP contribution < -0.4 is 15.0 Å². The Hall–Kier alpha value is -2.18. The average Bonchev–Trinajstić information content (AvgIpc) is 2.76.